The molecule has 0 saturated carbocycles. The molecule has 0 spiro atoms. The quantitative estimate of drug-likeness (QED) is 0.227. The second-order valence-corrected chi connectivity index (χ2v) is 10.6. The number of carbonyl (C=O) groups is 2. The van der Waals surface area contributed by atoms with E-state index in [1.165, 1.54) is 34.4 Å². The summed E-state index contributed by atoms with van der Waals surface area (Å²) in [6.07, 6.45) is 0. The first-order valence-corrected chi connectivity index (χ1v) is 13.4. The summed E-state index contributed by atoms with van der Waals surface area (Å²) in [6, 6.07) is 23.4. The molecule has 0 bridgehead atoms. The number of amides is 1. The Balaban J connectivity index is 1.43. The Kier molecular flexibility index (Phi) is 6.22. The van der Waals surface area contributed by atoms with E-state index in [4.69, 9.17) is 4.74 Å². The molecule has 0 saturated heterocycles. The lowest BCUT2D eigenvalue weighted by atomic mass is 9.95. The highest BCUT2D eigenvalue weighted by Gasteiger charge is 2.46. The average molecular weight is 543 g/mol. The minimum absolute atomic E-state index is 0.0388. The third-order valence-electron chi connectivity index (χ3n) is 6.17. The predicted molar refractivity (Wildman–Crippen MR) is 145 cm³/mol. The molecule has 3 heterocycles. The molecule has 1 N–H and O–H groups in total. The van der Waals surface area contributed by atoms with Crippen LogP contribution >= 0.6 is 22.7 Å². The summed E-state index contributed by atoms with van der Waals surface area (Å²) in [6.45, 7) is 0.336. The number of thiophene rings is 1. The molecule has 6 rings (SSSR count). The van der Waals surface area contributed by atoms with Gasteiger partial charge in [-0.25, -0.2) is 9.37 Å². The predicted octanol–water partition coefficient (Wildman–Crippen LogP) is 6.86. The molecule has 2 aromatic heterocycles. The summed E-state index contributed by atoms with van der Waals surface area (Å²) >= 11 is 2.34. The van der Waals surface area contributed by atoms with Crippen molar-refractivity contribution in [1.29, 1.82) is 0 Å². The number of benzene rings is 3. The van der Waals surface area contributed by atoms with Gasteiger partial charge in [0.25, 0.3) is 5.91 Å². The van der Waals surface area contributed by atoms with Gasteiger partial charge in [-0.3, -0.25) is 14.5 Å². The molecule has 1 aliphatic heterocycles. The number of aliphatic hydroxyl groups is 1. The zero-order valence-corrected chi connectivity index (χ0v) is 21.3. The maximum absolute atomic E-state index is 13.9. The Morgan fingerprint density at radius 2 is 1.87 bits per heavy atom. The van der Waals surface area contributed by atoms with E-state index in [0.29, 0.717) is 33.0 Å². The molecule has 6 nitrogen and oxygen atoms in total. The lowest BCUT2D eigenvalue weighted by Crippen LogP contribution is -2.30. The van der Waals surface area contributed by atoms with Crippen molar-refractivity contribution in [2.45, 2.75) is 12.6 Å². The van der Waals surface area contributed by atoms with Crippen LogP contribution in [0, 0.1) is 5.82 Å². The Bertz CT molecular complexity index is 1700. The third kappa shape index (κ3) is 4.36. The van der Waals surface area contributed by atoms with E-state index >= 15 is 0 Å². The van der Waals surface area contributed by atoms with Crippen molar-refractivity contribution in [2.75, 3.05) is 4.90 Å². The zero-order chi connectivity index (χ0) is 26.2. The molecule has 1 aliphatic rings. The zero-order valence-electron chi connectivity index (χ0n) is 19.7. The Morgan fingerprint density at radius 1 is 1.03 bits per heavy atom. The van der Waals surface area contributed by atoms with Crippen LogP contribution in [0.5, 0.6) is 5.75 Å². The summed E-state index contributed by atoms with van der Waals surface area (Å²) in [5, 5.41) is 13.0. The smallest absolute Gasteiger partial charge is 0.296 e. The van der Waals surface area contributed by atoms with Crippen molar-refractivity contribution in [3.63, 3.8) is 0 Å². The van der Waals surface area contributed by atoms with Crippen LogP contribution in [0.2, 0.25) is 0 Å². The molecular weight excluding hydrogens is 523 g/mol. The molecule has 188 valence electrons. The number of carbonyl (C=O) groups excluding carboxylic acids is 2. The fraction of sp³-hybridized carbons (Fsp3) is 0.0690. The van der Waals surface area contributed by atoms with Crippen molar-refractivity contribution in [3.8, 4) is 5.75 Å². The van der Waals surface area contributed by atoms with Gasteiger partial charge in [0.05, 0.1) is 26.7 Å². The van der Waals surface area contributed by atoms with Crippen LogP contribution in [0.25, 0.3) is 10.2 Å². The standard InChI is InChI=1S/C29H19FN2O4S2/c30-19-11-12-21-23(15-19)38-29(31-21)32-25(24(27(34)28(32)35)26(33)22-10-5-13-37-22)18-8-4-9-20(14-18)36-16-17-6-2-1-3-7-17/h1-15,25,34H,16H2. The number of Topliss-reactive ketones (excluding diaryl/α,β-unsaturated/α-hetero) is 1. The number of hydrogen-bond acceptors (Lipinski definition) is 7. The van der Waals surface area contributed by atoms with Gasteiger partial charge in [0.1, 0.15) is 18.2 Å². The van der Waals surface area contributed by atoms with E-state index in [0.717, 1.165) is 16.9 Å². The molecule has 3 aromatic carbocycles. The molecule has 0 radical (unpaired) electrons. The Hall–Kier alpha value is -4.34. The van der Waals surface area contributed by atoms with Gasteiger partial charge in [-0.2, -0.15) is 0 Å². The van der Waals surface area contributed by atoms with Gasteiger partial charge >= 0.3 is 0 Å². The number of hydrogen-bond donors (Lipinski definition) is 1. The van der Waals surface area contributed by atoms with Crippen molar-refractivity contribution >= 4 is 49.7 Å². The topological polar surface area (TPSA) is 79.7 Å². The van der Waals surface area contributed by atoms with Gasteiger partial charge < -0.3 is 9.84 Å². The number of fused-ring (bicyclic) bond motifs is 1. The minimum atomic E-state index is -0.956. The number of halogens is 1. The number of ketones is 1. The van der Waals surface area contributed by atoms with Gasteiger partial charge in [0, 0.05) is 0 Å². The van der Waals surface area contributed by atoms with E-state index in [1.807, 2.05) is 30.3 Å². The van der Waals surface area contributed by atoms with Crippen molar-refractivity contribution in [1.82, 2.24) is 4.98 Å². The molecular formula is C29H19FN2O4S2. The van der Waals surface area contributed by atoms with Crippen LogP contribution < -0.4 is 9.64 Å². The Labute approximate surface area is 224 Å². The van der Waals surface area contributed by atoms with Crippen LogP contribution in [0.15, 0.2) is 102 Å². The summed E-state index contributed by atoms with van der Waals surface area (Å²) < 4.78 is 20.4. The number of ether oxygens (including phenoxy) is 1. The van der Waals surface area contributed by atoms with Gasteiger partial charge in [0.2, 0.25) is 5.78 Å². The highest BCUT2D eigenvalue weighted by atomic mass is 32.1. The molecule has 1 atom stereocenters. The number of aliphatic hydroxyl groups excluding tert-OH is 1. The van der Waals surface area contributed by atoms with E-state index in [1.54, 1.807) is 41.8 Å². The molecule has 1 amide bonds. The van der Waals surface area contributed by atoms with Crippen molar-refractivity contribution in [3.05, 3.63) is 123 Å². The van der Waals surface area contributed by atoms with Gasteiger partial charge in [-0.05, 0) is 52.9 Å². The first kappa shape index (κ1) is 24.0. The van der Waals surface area contributed by atoms with E-state index < -0.39 is 29.3 Å². The molecule has 9 heteroatoms. The van der Waals surface area contributed by atoms with Gasteiger partial charge in [0.15, 0.2) is 10.9 Å². The summed E-state index contributed by atoms with van der Waals surface area (Å²) in [5.41, 5.74) is 2.03. The summed E-state index contributed by atoms with van der Waals surface area (Å²) in [4.78, 5) is 33.2. The van der Waals surface area contributed by atoms with E-state index in [9.17, 15) is 19.1 Å². The van der Waals surface area contributed by atoms with E-state index in [-0.39, 0.29) is 10.7 Å². The lowest BCUT2D eigenvalue weighted by Gasteiger charge is -2.24. The SMILES string of the molecule is O=C(C1=C(O)C(=O)N(c2nc3ccc(F)cc3s2)C1c1cccc(OCc2ccccc2)c1)c1cccs1. The van der Waals surface area contributed by atoms with Crippen LogP contribution in [-0.4, -0.2) is 21.8 Å². The molecule has 5 aromatic rings. The fourth-order valence-corrected chi connectivity index (χ4v) is 6.09. The molecule has 0 aliphatic carbocycles. The largest absolute Gasteiger partial charge is 0.503 e. The van der Waals surface area contributed by atoms with E-state index in [2.05, 4.69) is 4.98 Å². The third-order valence-corrected chi connectivity index (χ3v) is 8.05. The highest BCUT2D eigenvalue weighted by molar-refractivity contribution is 7.22. The van der Waals surface area contributed by atoms with Crippen LogP contribution in [0.1, 0.15) is 26.8 Å². The normalized spacial score (nSPS) is 15.4. The molecule has 1 unspecified atom stereocenters. The molecule has 38 heavy (non-hydrogen) atoms. The van der Waals surface area contributed by atoms with Crippen LogP contribution in [-0.2, 0) is 11.4 Å². The highest BCUT2D eigenvalue weighted by Crippen LogP contribution is 2.45. The van der Waals surface area contributed by atoms with Crippen LogP contribution in [0.3, 0.4) is 0 Å². The number of anilines is 1. The maximum Gasteiger partial charge on any atom is 0.296 e. The first-order chi connectivity index (χ1) is 18.5. The van der Waals surface area contributed by atoms with Gasteiger partial charge in [-0.1, -0.05) is 59.9 Å². The van der Waals surface area contributed by atoms with Crippen LogP contribution in [0.4, 0.5) is 9.52 Å². The van der Waals surface area contributed by atoms with Crippen molar-refractivity contribution in [2.24, 2.45) is 0 Å². The fourth-order valence-electron chi connectivity index (χ4n) is 4.40. The number of nitrogens with zero attached hydrogens (tertiary/aromatic N) is 2. The summed E-state index contributed by atoms with van der Waals surface area (Å²) in [5.74, 6) is -1.70. The summed E-state index contributed by atoms with van der Waals surface area (Å²) in [7, 11) is 0. The maximum atomic E-state index is 13.9. The number of thiazole rings is 1. The first-order valence-electron chi connectivity index (χ1n) is 11.7. The average Bonchev–Trinajstić information content (AvgIpc) is 3.67. The Morgan fingerprint density at radius 3 is 2.66 bits per heavy atom. The number of rotatable bonds is 7. The second kappa shape index (κ2) is 9.85. The molecule has 0 fully saturated rings. The number of aromatic nitrogens is 1. The minimum Gasteiger partial charge on any atom is -0.503 e. The van der Waals surface area contributed by atoms with Crippen molar-refractivity contribution < 1.29 is 23.8 Å². The van der Waals surface area contributed by atoms with Gasteiger partial charge in [-0.15, -0.1) is 11.3 Å². The second-order valence-electron chi connectivity index (χ2n) is 8.60. The lowest BCUT2D eigenvalue weighted by molar-refractivity contribution is -0.117. The monoisotopic (exact) mass is 542 g/mol.